The molecule has 0 atom stereocenters. The van der Waals surface area contributed by atoms with Crippen molar-refractivity contribution in [2.45, 2.75) is 0 Å². The van der Waals surface area contributed by atoms with Gasteiger partial charge in [0.25, 0.3) is 0 Å². The van der Waals surface area contributed by atoms with Crippen molar-refractivity contribution in [2.75, 3.05) is 0 Å². The Labute approximate surface area is 766 Å². The molecule has 0 aliphatic carbocycles. The van der Waals surface area contributed by atoms with Crippen molar-refractivity contribution < 1.29 is 0 Å². The number of para-hydroxylation sites is 3. The third kappa shape index (κ3) is 13.6. The third-order valence-corrected chi connectivity index (χ3v) is 27.9. The van der Waals surface area contributed by atoms with E-state index in [-0.39, 0.29) is 0 Å². The fraction of sp³-hybridized carbons (Fsp3) is 0. The van der Waals surface area contributed by atoms with Crippen LogP contribution < -0.4 is 0 Å². The predicted octanol–water partition coefficient (Wildman–Crippen LogP) is 29.2. The Balaban J connectivity index is 0.000000106. The van der Waals surface area contributed by atoms with Crippen LogP contribution >= 0.6 is 34.0 Å². The van der Waals surface area contributed by atoms with Gasteiger partial charge in [0, 0.05) is 142 Å². The summed E-state index contributed by atoms with van der Waals surface area (Å²) >= 11 is 5.49. The van der Waals surface area contributed by atoms with E-state index in [1.54, 1.807) is 0 Å². The molecular weight excluding hydrogens is 1680 g/mol. The van der Waals surface area contributed by atoms with Crippen LogP contribution in [0.1, 0.15) is 0 Å². The van der Waals surface area contributed by atoms with Crippen LogP contribution in [0, 0.1) is 0 Å². The molecule has 0 N–H and O–H groups in total. The Hall–Kier alpha value is -17.2. The second kappa shape index (κ2) is 32.6. The number of hydrogen-bond acceptors (Lipinski definition) is 15. The molecule has 18 heteroatoms. The van der Waals surface area contributed by atoms with E-state index in [9.17, 15) is 0 Å². The molecule has 27 aromatic rings. The summed E-state index contributed by atoms with van der Waals surface area (Å²) in [6, 6.07) is 138. The number of thiophene rings is 3. The SMILES string of the molecule is c1ccc(-c2cc(-c3ccccc3)nc(-c3ccnc(-n4c5ccccc5c5ccc6c7ccccc7sc6c54)n3)n2)cc1.c1ccc(-c2nc(-c3ccccc3)nc(-c3ccc(-n4c5ccccc5c5ccc6c7ccccc7sc6c54)nc3)n2)cc1.c1ccc(-c2nc(-c3ccccc3)nc(-c3ccnc(-n4c5ccccc5c5ccc6c7ccccc7sc6c54)c3)n2)cc1. The maximum atomic E-state index is 5.15. The average Bonchev–Trinajstić information content (AvgIpc) is 1.57. The maximum absolute atomic E-state index is 5.15. The van der Waals surface area contributed by atoms with E-state index < -0.39 is 0 Å². The standard InChI is InChI=1S/3C38H23N5S/c1-3-11-24(12-4-1)36-40-37(25-13-5-2-6-14-25)42-38(41-36)26-19-22-33(39-23-26)43-31-17-9-7-15-27(31)29-20-21-30-28-16-8-10-18-32(28)44-35(30)34(29)43;1-3-11-24(12-4-1)36-40-37(25-13-5-2-6-14-25)42-38(41-36)26-21-22-39-33(23-26)43-31-17-9-7-15-27(31)29-19-20-30-28-16-8-10-18-32(28)44-35(30)34(29)43;1-3-11-24(12-4-1)31-23-32(25-13-5-2-6-14-25)41-37(40-31)30-21-22-39-38(42-30)43-33-17-9-7-15-26(33)28-19-20-29-27-16-8-10-18-34(27)44-36(29)35(28)43/h3*1-23H. The van der Waals surface area contributed by atoms with E-state index in [0.29, 0.717) is 52.4 Å². The molecule has 15 aromatic carbocycles. The minimum absolute atomic E-state index is 0.557. The predicted molar refractivity (Wildman–Crippen MR) is 543 cm³/mol. The summed E-state index contributed by atoms with van der Waals surface area (Å²) in [4.78, 5) is 59.4. The molecule has 12 heterocycles. The van der Waals surface area contributed by atoms with Crippen LogP contribution in [0.25, 0.3) is 246 Å². The first-order chi connectivity index (χ1) is 65.4. The minimum Gasteiger partial charge on any atom is -0.292 e. The Bertz CT molecular complexity index is 8630. The molecule has 0 saturated heterocycles. The molecule has 618 valence electrons. The summed E-state index contributed by atoms with van der Waals surface area (Å²) in [5.41, 5.74) is 16.7. The van der Waals surface area contributed by atoms with Gasteiger partial charge in [0.05, 0.1) is 58.6 Å². The van der Waals surface area contributed by atoms with Gasteiger partial charge in [0.15, 0.2) is 40.8 Å². The first-order valence-electron chi connectivity index (χ1n) is 43.5. The molecule has 0 aliphatic heterocycles. The van der Waals surface area contributed by atoms with Crippen LogP contribution in [0.3, 0.4) is 0 Å². The van der Waals surface area contributed by atoms with E-state index in [0.717, 1.165) is 89.6 Å². The van der Waals surface area contributed by atoms with Gasteiger partial charge in [-0.05, 0) is 72.8 Å². The largest absolute Gasteiger partial charge is 0.292 e. The number of hydrogen-bond donors (Lipinski definition) is 0. The van der Waals surface area contributed by atoms with Crippen LogP contribution in [0.15, 0.2) is 419 Å². The second-order valence-electron chi connectivity index (χ2n) is 32.2. The zero-order valence-corrected chi connectivity index (χ0v) is 72.7. The summed E-state index contributed by atoms with van der Waals surface area (Å²) in [6.45, 7) is 0. The normalized spacial score (nSPS) is 11.6. The quantitative estimate of drug-likeness (QED) is 0.114. The first kappa shape index (κ1) is 77.2. The molecule has 0 bridgehead atoms. The molecule has 12 aromatic heterocycles. The fourth-order valence-electron chi connectivity index (χ4n) is 18.2. The molecule has 132 heavy (non-hydrogen) atoms. The van der Waals surface area contributed by atoms with Crippen LogP contribution in [0.5, 0.6) is 0 Å². The smallest absolute Gasteiger partial charge is 0.235 e. The number of rotatable bonds is 12. The van der Waals surface area contributed by atoms with E-state index in [2.05, 4.69) is 238 Å². The van der Waals surface area contributed by atoms with Gasteiger partial charge in [0.2, 0.25) is 5.95 Å². The lowest BCUT2D eigenvalue weighted by Crippen LogP contribution is -2.04. The molecule has 0 fully saturated rings. The van der Waals surface area contributed by atoms with Crippen molar-refractivity contribution in [1.29, 1.82) is 0 Å². The van der Waals surface area contributed by atoms with E-state index in [1.165, 1.54) is 104 Å². The van der Waals surface area contributed by atoms with Gasteiger partial charge >= 0.3 is 0 Å². The number of nitrogens with zero attached hydrogens (tertiary/aromatic N) is 15. The molecule has 0 amide bonds. The number of aromatic nitrogens is 15. The third-order valence-electron chi connectivity index (χ3n) is 24.3. The van der Waals surface area contributed by atoms with Gasteiger partial charge in [0.1, 0.15) is 17.3 Å². The topological polar surface area (TPSA) is 169 Å². The molecule has 27 rings (SSSR count). The van der Waals surface area contributed by atoms with Gasteiger partial charge in [-0.1, -0.05) is 328 Å². The van der Waals surface area contributed by atoms with Gasteiger partial charge in [-0.3, -0.25) is 13.7 Å². The highest BCUT2D eigenvalue weighted by Crippen LogP contribution is 2.48. The Morgan fingerprint density at radius 3 is 0.909 bits per heavy atom. The van der Waals surface area contributed by atoms with Crippen LogP contribution in [0.2, 0.25) is 0 Å². The van der Waals surface area contributed by atoms with Gasteiger partial charge in [-0.15, -0.1) is 34.0 Å². The summed E-state index contributed by atoms with van der Waals surface area (Å²) in [7, 11) is 0. The monoisotopic (exact) mass is 1740 g/mol. The molecule has 0 radical (unpaired) electrons. The van der Waals surface area contributed by atoms with Crippen molar-refractivity contribution in [3.05, 3.63) is 419 Å². The first-order valence-corrected chi connectivity index (χ1v) is 45.9. The minimum atomic E-state index is 0.557. The lowest BCUT2D eigenvalue weighted by molar-refractivity contribution is 0.984. The van der Waals surface area contributed by atoms with Crippen LogP contribution in [0.4, 0.5) is 0 Å². The second-order valence-corrected chi connectivity index (χ2v) is 35.3. The van der Waals surface area contributed by atoms with Crippen molar-refractivity contribution >= 4 is 160 Å². The molecular formula is C114H69N15S3. The van der Waals surface area contributed by atoms with Crippen molar-refractivity contribution in [3.63, 3.8) is 0 Å². The highest BCUT2D eigenvalue weighted by atomic mass is 32.1. The summed E-state index contributed by atoms with van der Waals surface area (Å²) in [5.74, 6) is 6.55. The van der Waals surface area contributed by atoms with Gasteiger partial charge < -0.3 is 0 Å². The number of fused-ring (bicyclic) bond motifs is 21. The highest BCUT2D eigenvalue weighted by molar-refractivity contribution is 7.27. The van der Waals surface area contributed by atoms with Gasteiger partial charge in [-0.25, -0.2) is 59.8 Å². The number of benzene rings is 15. The summed E-state index contributed by atoms with van der Waals surface area (Å²) < 4.78 is 14.4. The fourth-order valence-corrected chi connectivity index (χ4v) is 22.0. The molecule has 0 saturated carbocycles. The average molecular weight is 1750 g/mol. The lowest BCUT2D eigenvalue weighted by Gasteiger charge is -2.11. The summed E-state index contributed by atoms with van der Waals surface area (Å²) in [6.07, 6.45) is 5.54. The molecule has 0 spiro atoms. The van der Waals surface area contributed by atoms with Crippen molar-refractivity contribution in [2.24, 2.45) is 0 Å². The zero-order valence-electron chi connectivity index (χ0n) is 70.3. The van der Waals surface area contributed by atoms with Crippen molar-refractivity contribution in [3.8, 4) is 120 Å². The Morgan fingerprint density at radius 2 is 0.508 bits per heavy atom. The molecule has 15 nitrogen and oxygen atoms in total. The van der Waals surface area contributed by atoms with Crippen molar-refractivity contribution in [1.82, 2.24) is 73.5 Å². The molecule has 0 unspecified atom stereocenters. The zero-order chi connectivity index (χ0) is 87.1. The highest BCUT2D eigenvalue weighted by Gasteiger charge is 2.26. The van der Waals surface area contributed by atoms with E-state index in [1.807, 2.05) is 229 Å². The Kier molecular flexibility index (Phi) is 19.1. The van der Waals surface area contributed by atoms with Crippen LogP contribution in [-0.2, 0) is 0 Å². The summed E-state index contributed by atoms with van der Waals surface area (Å²) in [5, 5.41) is 14.8. The Morgan fingerprint density at radius 1 is 0.182 bits per heavy atom. The maximum Gasteiger partial charge on any atom is 0.235 e. The van der Waals surface area contributed by atoms with Gasteiger partial charge in [-0.2, -0.15) is 0 Å². The lowest BCUT2D eigenvalue weighted by atomic mass is 10.1. The molecule has 0 aliphatic rings. The van der Waals surface area contributed by atoms with E-state index in [4.69, 9.17) is 59.8 Å². The van der Waals surface area contributed by atoms with E-state index >= 15 is 0 Å². The number of pyridine rings is 2. The van der Waals surface area contributed by atoms with Crippen LogP contribution in [-0.4, -0.2) is 73.5 Å².